The Kier molecular flexibility index (Phi) is 5.42. The van der Waals surface area contributed by atoms with Crippen molar-refractivity contribution in [2.75, 3.05) is 16.2 Å². The number of rotatable bonds is 4. The summed E-state index contributed by atoms with van der Waals surface area (Å²) in [6.45, 7) is 4.33. The molecule has 4 rings (SSSR count). The first-order valence-electron chi connectivity index (χ1n) is 9.56. The molecular formula is C23H21BrN2O3S. The van der Waals surface area contributed by atoms with E-state index in [-0.39, 0.29) is 10.8 Å². The molecule has 0 saturated carbocycles. The van der Waals surface area contributed by atoms with Gasteiger partial charge in [-0.15, -0.1) is 0 Å². The Morgan fingerprint density at radius 1 is 1.03 bits per heavy atom. The number of sulfonamides is 1. The summed E-state index contributed by atoms with van der Waals surface area (Å²) in [4.78, 5) is 13.0. The van der Waals surface area contributed by atoms with Gasteiger partial charge in [-0.3, -0.25) is 9.10 Å². The summed E-state index contributed by atoms with van der Waals surface area (Å²) in [5.41, 5.74) is 4.90. The van der Waals surface area contributed by atoms with Gasteiger partial charge in [0.1, 0.15) is 0 Å². The maximum atomic E-state index is 13.1. The third-order valence-electron chi connectivity index (χ3n) is 5.45. The van der Waals surface area contributed by atoms with Crippen molar-refractivity contribution >= 4 is 43.2 Å². The Labute approximate surface area is 184 Å². The number of carbonyl (C=O) groups is 1. The number of nitrogens with one attached hydrogen (secondary N) is 1. The lowest BCUT2D eigenvalue weighted by Crippen LogP contribution is -2.29. The lowest BCUT2D eigenvalue weighted by molar-refractivity contribution is 0.102. The zero-order valence-corrected chi connectivity index (χ0v) is 19.0. The van der Waals surface area contributed by atoms with Crippen molar-refractivity contribution in [3.63, 3.8) is 0 Å². The fraction of sp³-hybridized carbons (Fsp3) is 0.174. The molecule has 0 aromatic heterocycles. The van der Waals surface area contributed by atoms with E-state index in [0.29, 0.717) is 24.2 Å². The number of carbonyl (C=O) groups excluding carboxylic acids is 1. The van der Waals surface area contributed by atoms with Gasteiger partial charge in [-0.2, -0.15) is 0 Å². The van der Waals surface area contributed by atoms with Crippen LogP contribution in [0.15, 0.2) is 70.0 Å². The third kappa shape index (κ3) is 3.75. The molecule has 0 spiro atoms. The molecule has 0 saturated heterocycles. The molecule has 7 heteroatoms. The van der Waals surface area contributed by atoms with Crippen molar-refractivity contribution in [3.8, 4) is 0 Å². The summed E-state index contributed by atoms with van der Waals surface area (Å²) in [5, 5.41) is 2.96. The molecule has 0 fully saturated rings. The van der Waals surface area contributed by atoms with E-state index in [0.717, 1.165) is 26.9 Å². The third-order valence-corrected chi connectivity index (χ3v) is 7.81. The van der Waals surface area contributed by atoms with Gasteiger partial charge in [0, 0.05) is 22.3 Å². The Balaban J connectivity index is 1.60. The number of nitrogens with zero attached hydrogens (tertiary/aromatic N) is 1. The number of aryl methyl sites for hydroxylation is 1. The number of anilines is 2. The predicted octanol–water partition coefficient (Wildman–Crippen LogP) is 5.07. The number of fused-ring (bicyclic) bond motifs is 1. The molecule has 1 amide bonds. The molecule has 1 heterocycles. The van der Waals surface area contributed by atoms with Crippen LogP contribution >= 0.6 is 15.9 Å². The molecule has 3 aromatic carbocycles. The standard InChI is InChI=1S/C23H21BrN2O3S/c1-15-4-3-5-21(16(15)2)25-23(27)18-6-11-22-17(14-18)12-13-26(22)30(28,29)20-9-7-19(24)8-10-20/h3-11,14H,12-13H2,1-2H3,(H,25,27). The van der Waals surface area contributed by atoms with Crippen LogP contribution in [0.4, 0.5) is 11.4 Å². The Morgan fingerprint density at radius 3 is 2.50 bits per heavy atom. The van der Waals surface area contributed by atoms with E-state index in [1.807, 2.05) is 32.0 Å². The number of hydrogen-bond donors (Lipinski definition) is 1. The molecule has 0 unspecified atom stereocenters. The molecule has 0 atom stereocenters. The summed E-state index contributed by atoms with van der Waals surface area (Å²) in [7, 11) is -3.65. The molecule has 1 aliphatic heterocycles. The first-order chi connectivity index (χ1) is 14.3. The van der Waals surface area contributed by atoms with Gasteiger partial charge in [0.15, 0.2) is 0 Å². The van der Waals surface area contributed by atoms with Crippen LogP contribution in [0.2, 0.25) is 0 Å². The van der Waals surface area contributed by atoms with Gasteiger partial charge < -0.3 is 5.32 Å². The van der Waals surface area contributed by atoms with Crippen LogP contribution in [-0.4, -0.2) is 20.9 Å². The molecule has 5 nitrogen and oxygen atoms in total. The van der Waals surface area contributed by atoms with E-state index in [1.54, 1.807) is 42.5 Å². The van der Waals surface area contributed by atoms with Crippen molar-refractivity contribution in [2.45, 2.75) is 25.2 Å². The zero-order chi connectivity index (χ0) is 21.5. The minimum atomic E-state index is -3.65. The Bertz CT molecular complexity index is 1240. The molecule has 1 aliphatic rings. The smallest absolute Gasteiger partial charge is 0.264 e. The SMILES string of the molecule is Cc1cccc(NC(=O)c2ccc3c(c2)CCN3S(=O)(=O)c2ccc(Br)cc2)c1C. The number of halogens is 1. The van der Waals surface area contributed by atoms with Gasteiger partial charge in [0.25, 0.3) is 15.9 Å². The van der Waals surface area contributed by atoms with Crippen LogP contribution in [0.1, 0.15) is 27.0 Å². The van der Waals surface area contributed by atoms with Crippen LogP contribution in [0, 0.1) is 13.8 Å². The predicted molar refractivity (Wildman–Crippen MR) is 123 cm³/mol. The maximum absolute atomic E-state index is 13.1. The summed E-state index contributed by atoms with van der Waals surface area (Å²) in [6, 6.07) is 17.6. The second-order valence-corrected chi connectivity index (χ2v) is 10.1. The van der Waals surface area contributed by atoms with E-state index >= 15 is 0 Å². The van der Waals surface area contributed by atoms with Crippen molar-refractivity contribution in [1.82, 2.24) is 0 Å². The summed E-state index contributed by atoms with van der Waals surface area (Å²) in [5.74, 6) is -0.208. The van der Waals surface area contributed by atoms with Gasteiger partial charge >= 0.3 is 0 Å². The maximum Gasteiger partial charge on any atom is 0.264 e. The second kappa shape index (κ2) is 7.89. The second-order valence-electron chi connectivity index (χ2n) is 7.33. The first kappa shape index (κ1) is 20.6. The molecular weight excluding hydrogens is 464 g/mol. The van der Waals surface area contributed by atoms with E-state index < -0.39 is 10.0 Å². The molecule has 0 bridgehead atoms. The van der Waals surface area contributed by atoms with E-state index in [9.17, 15) is 13.2 Å². The quantitative estimate of drug-likeness (QED) is 0.561. The average Bonchev–Trinajstić information content (AvgIpc) is 3.16. The molecule has 0 aliphatic carbocycles. The highest BCUT2D eigenvalue weighted by Gasteiger charge is 2.31. The minimum Gasteiger partial charge on any atom is -0.322 e. The Morgan fingerprint density at radius 2 is 1.77 bits per heavy atom. The van der Waals surface area contributed by atoms with E-state index in [2.05, 4.69) is 21.2 Å². The lowest BCUT2D eigenvalue weighted by Gasteiger charge is -2.20. The van der Waals surface area contributed by atoms with Crippen molar-refractivity contribution in [1.29, 1.82) is 0 Å². The molecule has 30 heavy (non-hydrogen) atoms. The van der Waals surface area contributed by atoms with Crippen LogP contribution in [0.5, 0.6) is 0 Å². The summed E-state index contributed by atoms with van der Waals surface area (Å²) in [6.07, 6.45) is 0.565. The van der Waals surface area contributed by atoms with Crippen LogP contribution < -0.4 is 9.62 Å². The fourth-order valence-corrected chi connectivity index (χ4v) is 5.34. The Hall–Kier alpha value is -2.64. The van der Waals surface area contributed by atoms with Gasteiger partial charge in [0.2, 0.25) is 0 Å². The average molecular weight is 485 g/mol. The molecule has 3 aromatic rings. The van der Waals surface area contributed by atoms with Gasteiger partial charge in [-0.1, -0.05) is 28.1 Å². The normalized spacial score (nSPS) is 13.2. The number of amides is 1. The van der Waals surface area contributed by atoms with E-state index in [1.165, 1.54) is 4.31 Å². The van der Waals surface area contributed by atoms with Gasteiger partial charge in [-0.05, 0) is 85.5 Å². The largest absolute Gasteiger partial charge is 0.322 e. The van der Waals surface area contributed by atoms with Gasteiger partial charge in [0.05, 0.1) is 10.6 Å². The first-order valence-corrected chi connectivity index (χ1v) is 11.8. The molecule has 154 valence electrons. The van der Waals surface area contributed by atoms with Crippen molar-refractivity contribution in [3.05, 3.63) is 87.4 Å². The highest BCUT2D eigenvalue weighted by atomic mass is 79.9. The monoisotopic (exact) mass is 484 g/mol. The summed E-state index contributed by atoms with van der Waals surface area (Å²) < 4.78 is 28.4. The number of hydrogen-bond acceptors (Lipinski definition) is 3. The van der Waals surface area contributed by atoms with Crippen molar-refractivity contribution < 1.29 is 13.2 Å². The highest BCUT2D eigenvalue weighted by Crippen LogP contribution is 2.34. The minimum absolute atomic E-state index is 0.208. The fourth-order valence-electron chi connectivity index (χ4n) is 3.58. The number of benzene rings is 3. The molecule has 1 N–H and O–H groups in total. The van der Waals surface area contributed by atoms with Gasteiger partial charge in [-0.25, -0.2) is 8.42 Å². The zero-order valence-electron chi connectivity index (χ0n) is 16.6. The van der Waals surface area contributed by atoms with E-state index in [4.69, 9.17) is 0 Å². The highest BCUT2D eigenvalue weighted by molar-refractivity contribution is 9.10. The molecule has 0 radical (unpaired) electrons. The topological polar surface area (TPSA) is 66.5 Å². The van der Waals surface area contributed by atoms with Crippen LogP contribution in [0.3, 0.4) is 0 Å². The lowest BCUT2D eigenvalue weighted by atomic mass is 10.1. The van der Waals surface area contributed by atoms with Crippen molar-refractivity contribution in [2.24, 2.45) is 0 Å². The van der Waals surface area contributed by atoms with Crippen LogP contribution in [-0.2, 0) is 16.4 Å². The summed E-state index contributed by atoms with van der Waals surface area (Å²) >= 11 is 3.33. The van der Waals surface area contributed by atoms with Crippen LogP contribution in [0.25, 0.3) is 0 Å².